The van der Waals surface area contributed by atoms with Crippen LogP contribution in [0.15, 0.2) is 30.5 Å². The molecule has 0 saturated carbocycles. The van der Waals surface area contributed by atoms with Gasteiger partial charge in [0.25, 0.3) is 0 Å². The van der Waals surface area contributed by atoms with Crippen molar-refractivity contribution in [2.45, 2.75) is 39.8 Å². The Bertz CT molecular complexity index is 827. The third-order valence-corrected chi connectivity index (χ3v) is 3.63. The average molecular weight is 329 g/mol. The molecule has 0 spiro atoms. The molecule has 0 atom stereocenters. The van der Waals surface area contributed by atoms with E-state index in [-0.39, 0.29) is 11.4 Å². The van der Waals surface area contributed by atoms with Crippen LogP contribution in [0, 0.1) is 12.7 Å². The summed E-state index contributed by atoms with van der Waals surface area (Å²) in [6.07, 6.45) is 1.91. The van der Waals surface area contributed by atoms with Crippen molar-refractivity contribution in [3.63, 3.8) is 0 Å². The fraction of sp³-hybridized carbons (Fsp3) is 0.375. The van der Waals surface area contributed by atoms with Gasteiger partial charge in [0.2, 0.25) is 0 Å². The molecule has 2 heterocycles. The Balaban J connectivity index is 1.73. The number of benzene rings is 1. The zero-order valence-corrected chi connectivity index (χ0v) is 14.2. The van der Waals surface area contributed by atoms with Crippen molar-refractivity contribution in [3.8, 4) is 5.69 Å². The van der Waals surface area contributed by atoms with Crippen LogP contribution in [0.4, 0.5) is 10.2 Å². The monoisotopic (exact) mass is 329 g/mol. The first-order valence-electron chi connectivity index (χ1n) is 7.68. The van der Waals surface area contributed by atoms with Crippen LogP contribution in [0.25, 0.3) is 5.69 Å². The molecule has 126 valence electrons. The van der Waals surface area contributed by atoms with Crippen molar-refractivity contribution in [2.24, 2.45) is 0 Å². The predicted octanol–water partition coefficient (Wildman–Crippen LogP) is 2.67. The van der Waals surface area contributed by atoms with Gasteiger partial charge in [0.15, 0.2) is 5.82 Å². The van der Waals surface area contributed by atoms with E-state index in [1.165, 1.54) is 12.1 Å². The number of aromatic nitrogens is 6. The summed E-state index contributed by atoms with van der Waals surface area (Å²) >= 11 is 0. The van der Waals surface area contributed by atoms with Gasteiger partial charge in [0.05, 0.1) is 29.7 Å². The van der Waals surface area contributed by atoms with Crippen LogP contribution in [0.3, 0.4) is 0 Å². The Labute approximate surface area is 139 Å². The molecule has 0 amide bonds. The van der Waals surface area contributed by atoms with E-state index >= 15 is 0 Å². The first-order valence-corrected chi connectivity index (χ1v) is 7.68. The second kappa shape index (κ2) is 6.03. The number of hydrogen-bond acceptors (Lipinski definition) is 5. The van der Waals surface area contributed by atoms with Crippen molar-refractivity contribution >= 4 is 5.82 Å². The fourth-order valence-corrected chi connectivity index (χ4v) is 2.20. The number of anilines is 1. The highest BCUT2D eigenvalue weighted by atomic mass is 19.1. The van der Waals surface area contributed by atoms with E-state index in [1.807, 2.05) is 17.8 Å². The van der Waals surface area contributed by atoms with Gasteiger partial charge >= 0.3 is 0 Å². The lowest BCUT2D eigenvalue weighted by atomic mass is 10.1. The van der Waals surface area contributed by atoms with Crippen molar-refractivity contribution in [3.05, 3.63) is 47.7 Å². The minimum atomic E-state index is -0.281. The molecule has 0 aliphatic carbocycles. The Morgan fingerprint density at radius 3 is 2.42 bits per heavy atom. The maximum atomic E-state index is 13.0. The quantitative estimate of drug-likeness (QED) is 0.796. The Kier molecular flexibility index (Phi) is 4.04. The minimum Gasteiger partial charge on any atom is -0.361 e. The molecule has 3 aromatic rings. The number of hydrogen-bond donors (Lipinski definition) is 1. The molecule has 0 fully saturated rings. The van der Waals surface area contributed by atoms with Gasteiger partial charge in [-0.05, 0) is 52.0 Å². The molecule has 0 aliphatic rings. The number of rotatable bonds is 4. The number of nitrogens with one attached hydrogen (secondary N) is 1. The van der Waals surface area contributed by atoms with Gasteiger partial charge in [-0.1, -0.05) is 10.4 Å². The zero-order valence-electron chi connectivity index (χ0n) is 14.2. The van der Waals surface area contributed by atoms with Gasteiger partial charge in [-0.15, -0.1) is 10.2 Å². The lowest BCUT2D eigenvalue weighted by molar-refractivity contribution is 0.347. The SMILES string of the molecule is Cc1c(NCc2cn(C(C)(C)C)nn2)nnn1-c1ccc(F)cc1. The molecule has 1 aromatic carbocycles. The van der Waals surface area contributed by atoms with E-state index in [0.29, 0.717) is 12.4 Å². The first kappa shape index (κ1) is 16.1. The molecule has 0 aliphatic heterocycles. The molecule has 1 N–H and O–H groups in total. The fourth-order valence-electron chi connectivity index (χ4n) is 2.20. The highest BCUT2D eigenvalue weighted by Crippen LogP contribution is 2.17. The van der Waals surface area contributed by atoms with Gasteiger partial charge in [0.1, 0.15) is 11.5 Å². The lowest BCUT2D eigenvalue weighted by Crippen LogP contribution is -2.22. The molecular weight excluding hydrogens is 309 g/mol. The summed E-state index contributed by atoms with van der Waals surface area (Å²) in [5, 5.41) is 19.8. The lowest BCUT2D eigenvalue weighted by Gasteiger charge is -2.17. The minimum absolute atomic E-state index is 0.104. The molecule has 0 radical (unpaired) electrons. The second-order valence-electron chi connectivity index (χ2n) is 6.59. The van der Waals surface area contributed by atoms with Crippen LogP contribution in [0.2, 0.25) is 0 Å². The van der Waals surface area contributed by atoms with Crippen molar-refractivity contribution in [1.82, 2.24) is 30.0 Å². The summed E-state index contributed by atoms with van der Waals surface area (Å²) in [5.74, 6) is 0.376. The summed E-state index contributed by atoms with van der Waals surface area (Å²) in [7, 11) is 0. The van der Waals surface area contributed by atoms with Crippen LogP contribution in [0.1, 0.15) is 32.2 Å². The van der Waals surface area contributed by atoms with E-state index in [0.717, 1.165) is 17.1 Å². The van der Waals surface area contributed by atoms with E-state index in [2.05, 4.69) is 46.7 Å². The maximum absolute atomic E-state index is 13.0. The Morgan fingerprint density at radius 2 is 1.79 bits per heavy atom. The van der Waals surface area contributed by atoms with Crippen LogP contribution in [0.5, 0.6) is 0 Å². The van der Waals surface area contributed by atoms with E-state index < -0.39 is 0 Å². The van der Waals surface area contributed by atoms with Crippen LogP contribution in [-0.4, -0.2) is 30.0 Å². The molecule has 0 saturated heterocycles. The maximum Gasteiger partial charge on any atom is 0.172 e. The van der Waals surface area contributed by atoms with Gasteiger partial charge in [-0.2, -0.15) is 0 Å². The van der Waals surface area contributed by atoms with Gasteiger partial charge in [-0.25, -0.2) is 13.8 Å². The summed E-state index contributed by atoms with van der Waals surface area (Å²) in [5.41, 5.74) is 2.31. The Morgan fingerprint density at radius 1 is 1.08 bits per heavy atom. The number of halogens is 1. The van der Waals surface area contributed by atoms with Gasteiger partial charge in [0, 0.05) is 0 Å². The zero-order chi connectivity index (χ0) is 17.3. The summed E-state index contributed by atoms with van der Waals surface area (Å²) < 4.78 is 16.5. The van der Waals surface area contributed by atoms with Crippen LogP contribution >= 0.6 is 0 Å². The molecule has 0 bridgehead atoms. The van der Waals surface area contributed by atoms with Gasteiger partial charge < -0.3 is 5.32 Å². The number of nitrogens with zero attached hydrogens (tertiary/aromatic N) is 6. The average Bonchev–Trinajstić information content (AvgIpc) is 3.13. The normalized spacial score (nSPS) is 11.7. The topological polar surface area (TPSA) is 73.5 Å². The molecule has 8 heteroatoms. The predicted molar refractivity (Wildman–Crippen MR) is 88.4 cm³/mol. The van der Waals surface area contributed by atoms with Crippen molar-refractivity contribution < 1.29 is 4.39 Å². The largest absolute Gasteiger partial charge is 0.361 e. The third-order valence-electron chi connectivity index (χ3n) is 3.63. The molecule has 3 rings (SSSR count). The van der Waals surface area contributed by atoms with E-state index in [4.69, 9.17) is 0 Å². The molecule has 0 unspecified atom stereocenters. The molecule has 7 nitrogen and oxygen atoms in total. The Hall–Kier alpha value is -2.77. The summed E-state index contributed by atoms with van der Waals surface area (Å²) in [6.45, 7) is 8.60. The highest BCUT2D eigenvalue weighted by molar-refractivity contribution is 5.43. The van der Waals surface area contributed by atoms with E-state index in [1.54, 1.807) is 16.8 Å². The summed E-state index contributed by atoms with van der Waals surface area (Å²) in [6, 6.07) is 6.12. The van der Waals surface area contributed by atoms with Crippen LogP contribution < -0.4 is 5.32 Å². The second-order valence-corrected chi connectivity index (χ2v) is 6.59. The summed E-state index contributed by atoms with van der Waals surface area (Å²) in [4.78, 5) is 0. The smallest absolute Gasteiger partial charge is 0.172 e. The molecular formula is C16H20FN7. The van der Waals surface area contributed by atoms with Crippen LogP contribution in [-0.2, 0) is 12.1 Å². The highest BCUT2D eigenvalue weighted by Gasteiger charge is 2.15. The molecule has 2 aromatic heterocycles. The standard InChI is InChI=1S/C16H20FN7/c1-11-15(18-9-13-10-23(21-19-13)16(2,3)4)20-22-24(11)14-7-5-12(17)6-8-14/h5-8,10,18H,9H2,1-4H3. The van der Waals surface area contributed by atoms with Crippen molar-refractivity contribution in [1.29, 1.82) is 0 Å². The van der Waals surface area contributed by atoms with E-state index in [9.17, 15) is 4.39 Å². The van der Waals surface area contributed by atoms with Crippen molar-refractivity contribution in [2.75, 3.05) is 5.32 Å². The third kappa shape index (κ3) is 3.27. The van der Waals surface area contributed by atoms with Gasteiger partial charge in [-0.3, -0.25) is 0 Å². The molecule has 24 heavy (non-hydrogen) atoms. The first-order chi connectivity index (χ1) is 11.3.